The maximum Gasteiger partial charge on any atom is 0.408 e. The number of aliphatic carboxylic acids is 1. The van der Waals surface area contributed by atoms with Crippen LogP contribution in [0.15, 0.2) is 24.3 Å². The molecule has 0 aliphatic heterocycles. The number of rotatable bonds is 5. The molecular formula is C20H27NO4. The normalized spacial score (nSPS) is 28.3. The number of carboxylic acid groups (broad SMARTS) is 1. The molecule has 0 aromatic heterocycles. The first-order valence-corrected chi connectivity index (χ1v) is 8.81. The van der Waals surface area contributed by atoms with Crippen LogP contribution >= 0.6 is 0 Å². The number of aryl methyl sites for hydroxylation is 1. The maximum absolute atomic E-state index is 12.0. The van der Waals surface area contributed by atoms with Gasteiger partial charge in [-0.3, -0.25) is 0 Å². The van der Waals surface area contributed by atoms with Crippen molar-refractivity contribution in [1.82, 2.24) is 5.32 Å². The van der Waals surface area contributed by atoms with Crippen molar-refractivity contribution >= 4 is 12.1 Å². The van der Waals surface area contributed by atoms with Gasteiger partial charge in [-0.1, -0.05) is 29.8 Å². The molecule has 0 saturated heterocycles. The fraction of sp³-hybridized carbons (Fsp3) is 0.600. The fourth-order valence-electron chi connectivity index (χ4n) is 4.74. The molecule has 1 amide bonds. The predicted octanol–water partition coefficient (Wildman–Crippen LogP) is 3.69. The number of carboxylic acids is 1. The zero-order valence-electron chi connectivity index (χ0n) is 15.4. The highest BCUT2D eigenvalue weighted by atomic mass is 16.6. The molecule has 2 bridgehead atoms. The molecule has 3 saturated carbocycles. The van der Waals surface area contributed by atoms with Crippen molar-refractivity contribution < 1.29 is 19.4 Å². The van der Waals surface area contributed by atoms with Gasteiger partial charge in [0.25, 0.3) is 0 Å². The van der Waals surface area contributed by atoms with Crippen molar-refractivity contribution in [3.63, 3.8) is 0 Å². The number of ether oxygens (including phenoxy) is 1. The van der Waals surface area contributed by atoms with E-state index in [1.165, 1.54) is 11.1 Å². The number of nitrogens with one attached hydrogen (secondary N) is 1. The van der Waals surface area contributed by atoms with Gasteiger partial charge in [0.05, 0.1) is 0 Å². The lowest BCUT2D eigenvalue weighted by Crippen LogP contribution is -2.72. The van der Waals surface area contributed by atoms with E-state index in [1.807, 2.05) is 0 Å². The number of amides is 1. The highest BCUT2D eigenvalue weighted by Crippen LogP contribution is 2.75. The standard InChI is InChI=1S/C20H27NO4/c1-13-6-5-7-14(8-13)9-19-10-20(11-19,12-19)15(16(22)23)21-17(24)25-18(2,3)4/h5-8,15H,9-12H2,1-4H3,(H,21,24)(H,22,23). The summed E-state index contributed by atoms with van der Waals surface area (Å²) in [5, 5.41) is 12.2. The van der Waals surface area contributed by atoms with Gasteiger partial charge in [0.2, 0.25) is 0 Å². The van der Waals surface area contributed by atoms with Crippen LogP contribution < -0.4 is 5.32 Å². The first kappa shape index (κ1) is 17.8. The summed E-state index contributed by atoms with van der Waals surface area (Å²) in [6.07, 6.45) is 2.87. The zero-order chi connectivity index (χ0) is 18.5. The van der Waals surface area contributed by atoms with Gasteiger partial charge < -0.3 is 15.2 Å². The number of carbonyl (C=O) groups excluding carboxylic acids is 1. The topological polar surface area (TPSA) is 75.6 Å². The minimum absolute atomic E-state index is 0.205. The summed E-state index contributed by atoms with van der Waals surface area (Å²) < 4.78 is 5.22. The molecule has 5 nitrogen and oxygen atoms in total. The highest BCUT2D eigenvalue weighted by Gasteiger charge is 2.71. The van der Waals surface area contributed by atoms with Gasteiger partial charge in [-0.2, -0.15) is 0 Å². The van der Waals surface area contributed by atoms with Gasteiger partial charge in [-0.05, 0) is 64.4 Å². The average Bonchev–Trinajstić information content (AvgIpc) is 2.37. The second kappa shape index (κ2) is 5.75. The van der Waals surface area contributed by atoms with Gasteiger partial charge in [-0.15, -0.1) is 0 Å². The van der Waals surface area contributed by atoms with Gasteiger partial charge >= 0.3 is 12.1 Å². The van der Waals surface area contributed by atoms with Crippen LogP contribution in [0.5, 0.6) is 0 Å². The first-order valence-electron chi connectivity index (χ1n) is 8.81. The number of carbonyl (C=O) groups is 2. The van der Waals surface area contributed by atoms with Gasteiger partial charge in [-0.25, -0.2) is 9.59 Å². The Hall–Kier alpha value is -2.04. The molecule has 25 heavy (non-hydrogen) atoms. The first-order chi connectivity index (χ1) is 11.5. The third kappa shape index (κ3) is 3.51. The summed E-state index contributed by atoms with van der Waals surface area (Å²) in [7, 11) is 0. The lowest BCUT2D eigenvalue weighted by atomic mass is 9.32. The molecule has 3 aliphatic carbocycles. The van der Waals surface area contributed by atoms with Gasteiger partial charge in [0, 0.05) is 5.41 Å². The number of alkyl carbamates (subject to hydrolysis) is 1. The van der Waals surface area contributed by atoms with E-state index in [2.05, 4.69) is 36.5 Å². The molecule has 3 aliphatic rings. The van der Waals surface area contributed by atoms with E-state index >= 15 is 0 Å². The van der Waals surface area contributed by atoms with Crippen LogP contribution in [0.3, 0.4) is 0 Å². The van der Waals surface area contributed by atoms with Crippen molar-refractivity contribution in [2.24, 2.45) is 10.8 Å². The van der Waals surface area contributed by atoms with E-state index in [0.717, 1.165) is 25.7 Å². The number of hydrogen-bond acceptors (Lipinski definition) is 3. The smallest absolute Gasteiger partial charge is 0.408 e. The summed E-state index contributed by atoms with van der Waals surface area (Å²) in [5.41, 5.74) is 1.80. The summed E-state index contributed by atoms with van der Waals surface area (Å²) in [6.45, 7) is 7.37. The Morgan fingerprint density at radius 3 is 2.44 bits per heavy atom. The van der Waals surface area contributed by atoms with Crippen LogP contribution in [-0.2, 0) is 16.0 Å². The van der Waals surface area contributed by atoms with E-state index < -0.39 is 23.7 Å². The van der Waals surface area contributed by atoms with Gasteiger partial charge in [0.15, 0.2) is 0 Å². The molecule has 4 rings (SSSR count). The van der Waals surface area contributed by atoms with Crippen molar-refractivity contribution in [3.05, 3.63) is 35.4 Å². The van der Waals surface area contributed by atoms with E-state index in [0.29, 0.717) is 0 Å². The Bertz CT molecular complexity index is 684. The molecule has 2 N–H and O–H groups in total. The van der Waals surface area contributed by atoms with E-state index in [4.69, 9.17) is 4.74 Å². The molecule has 0 heterocycles. The van der Waals surface area contributed by atoms with Crippen LogP contribution in [-0.4, -0.2) is 28.8 Å². The highest BCUT2D eigenvalue weighted by molar-refractivity contribution is 5.81. The third-order valence-electron chi connectivity index (χ3n) is 5.36. The molecular weight excluding hydrogens is 318 g/mol. The van der Waals surface area contributed by atoms with Crippen LogP contribution in [0, 0.1) is 17.8 Å². The Balaban J connectivity index is 1.61. The summed E-state index contributed by atoms with van der Waals surface area (Å²) in [6, 6.07) is 7.60. The van der Waals surface area contributed by atoms with Crippen molar-refractivity contribution in [3.8, 4) is 0 Å². The molecule has 136 valence electrons. The maximum atomic E-state index is 12.0. The molecule has 3 fully saturated rings. The van der Waals surface area contributed by atoms with E-state index in [1.54, 1.807) is 20.8 Å². The number of hydrogen-bond donors (Lipinski definition) is 2. The summed E-state index contributed by atoms with van der Waals surface area (Å²) in [4.78, 5) is 23.7. The lowest BCUT2D eigenvalue weighted by Gasteiger charge is -2.72. The molecule has 0 spiro atoms. The monoisotopic (exact) mass is 345 g/mol. The molecule has 1 atom stereocenters. The van der Waals surface area contributed by atoms with Crippen molar-refractivity contribution in [2.75, 3.05) is 0 Å². The van der Waals surface area contributed by atoms with E-state index in [-0.39, 0.29) is 10.8 Å². The van der Waals surface area contributed by atoms with Crippen molar-refractivity contribution in [2.45, 2.75) is 65.0 Å². The quantitative estimate of drug-likeness (QED) is 0.853. The molecule has 1 aromatic carbocycles. The zero-order valence-corrected chi connectivity index (χ0v) is 15.4. The largest absolute Gasteiger partial charge is 0.480 e. The average molecular weight is 345 g/mol. The molecule has 0 radical (unpaired) electrons. The summed E-state index contributed by atoms with van der Waals surface area (Å²) in [5.74, 6) is -0.977. The van der Waals surface area contributed by atoms with Crippen LogP contribution in [0.4, 0.5) is 4.79 Å². The Kier molecular flexibility index (Phi) is 4.09. The van der Waals surface area contributed by atoms with Crippen molar-refractivity contribution in [1.29, 1.82) is 0 Å². The van der Waals surface area contributed by atoms with Gasteiger partial charge in [0.1, 0.15) is 11.6 Å². The predicted molar refractivity (Wildman–Crippen MR) is 94.4 cm³/mol. The molecule has 1 unspecified atom stereocenters. The lowest BCUT2D eigenvalue weighted by molar-refractivity contribution is -0.224. The molecule has 5 heteroatoms. The fourth-order valence-corrected chi connectivity index (χ4v) is 4.74. The summed E-state index contributed by atoms with van der Waals surface area (Å²) >= 11 is 0. The number of benzene rings is 1. The SMILES string of the molecule is Cc1cccc(CC23CC(C(NC(=O)OC(C)(C)C)C(=O)O)(C2)C3)c1. The Morgan fingerprint density at radius 2 is 1.92 bits per heavy atom. The minimum Gasteiger partial charge on any atom is -0.480 e. The van der Waals surface area contributed by atoms with Crippen LogP contribution in [0.1, 0.15) is 51.2 Å². The van der Waals surface area contributed by atoms with E-state index in [9.17, 15) is 14.7 Å². The van der Waals surface area contributed by atoms with Crippen LogP contribution in [0.2, 0.25) is 0 Å². The Morgan fingerprint density at radius 1 is 1.28 bits per heavy atom. The molecule has 1 aromatic rings. The third-order valence-corrected chi connectivity index (χ3v) is 5.36. The van der Waals surface area contributed by atoms with Crippen LogP contribution in [0.25, 0.3) is 0 Å². The Labute approximate surface area is 148 Å². The second-order valence-corrected chi connectivity index (χ2v) is 8.98. The second-order valence-electron chi connectivity index (χ2n) is 8.98. The minimum atomic E-state index is -0.977.